The van der Waals surface area contributed by atoms with Crippen molar-refractivity contribution in [2.75, 3.05) is 19.6 Å². The molecule has 2 unspecified atom stereocenters. The van der Waals surface area contributed by atoms with Crippen molar-refractivity contribution in [3.63, 3.8) is 0 Å². The summed E-state index contributed by atoms with van der Waals surface area (Å²) in [5.41, 5.74) is 0.996. The number of rotatable bonds is 6. The third-order valence-electron chi connectivity index (χ3n) is 2.59. The maximum Gasteiger partial charge on any atom is 0.227 e. The predicted molar refractivity (Wildman–Crippen MR) is 69.4 cm³/mol. The highest BCUT2D eigenvalue weighted by molar-refractivity contribution is 6.18. The van der Waals surface area contributed by atoms with Gasteiger partial charge in [-0.3, -0.25) is 4.79 Å². The highest BCUT2D eigenvalue weighted by Gasteiger charge is 2.18. The zero-order valence-corrected chi connectivity index (χ0v) is 10.9. The van der Waals surface area contributed by atoms with Crippen LogP contribution in [0, 0.1) is 0 Å². The zero-order chi connectivity index (χ0) is 12.7. The summed E-state index contributed by atoms with van der Waals surface area (Å²) < 4.78 is 4.98. The molecular formula is C13H18ClNO2. The molecule has 1 rings (SSSR count). The Bertz CT molecular complexity index is 343. The van der Waals surface area contributed by atoms with Gasteiger partial charge in [0.15, 0.2) is 0 Å². The quantitative estimate of drug-likeness (QED) is 0.791. The number of halogens is 1. The molecule has 0 bridgehead atoms. The molecule has 0 aliphatic carbocycles. The van der Waals surface area contributed by atoms with Crippen molar-refractivity contribution >= 4 is 17.5 Å². The zero-order valence-electron chi connectivity index (χ0n) is 10.2. The first kappa shape index (κ1) is 14.0. The minimum Gasteiger partial charge on any atom is -0.383 e. The maximum atomic E-state index is 12.0. The lowest BCUT2D eigenvalue weighted by Gasteiger charge is -2.18. The number of carbonyl (C=O) groups excluding carboxylic acids is 1. The summed E-state index contributed by atoms with van der Waals surface area (Å²) in [4.78, 5) is 12.0. The van der Waals surface area contributed by atoms with Gasteiger partial charge in [-0.05, 0) is 12.5 Å². The van der Waals surface area contributed by atoms with Crippen molar-refractivity contribution in [1.82, 2.24) is 5.32 Å². The Morgan fingerprint density at radius 2 is 2.06 bits per heavy atom. The van der Waals surface area contributed by atoms with Crippen molar-refractivity contribution in [3.8, 4) is 0 Å². The highest BCUT2D eigenvalue weighted by atomic mass is 35.5. The van der Waals surface area contributed by atoms with E-state index >= 15 is 0 Å². The fourth-order valence-electron chi connectivity index (χ4n) is 1.55. The molecule has 2 atom stereocenters. The number of benzene rings is 1. The summed E-state index contributed by atoms with van der Waals surface area (Å²) >= 11 is 5.75. The molecule has 0 aliphatic heterocycles. The van der Waals surface area contributed by atoms with Crippen molar-refractivity contribution in [1.29, 1.82) is 0 Å². The fraction of sp³-hybridized carbons (Fsp3) is 0.462. The van der Waals surface area contributed by atoms with Crippen molar-refractivity contribution < 1.29 is 9.53 Å². The smallest absolute Gasteiger partial charge is 0.227 e. The highest BCUT2D eigenvalue weighted by Crippen LogP contribution is 2.14. The van der Waals surface area contributed by atoms with E-state index in [9.17, 15) is 4.79 Å². The third kappa shape index (κ3) is 4.36. The topological polar surface area (TPSA) is 38.3 Å². The van der Waals surface area contributed by atoms with Gasteiger partial charge in [0.2, 0.25) is 5.91 Å². The SMILES string of the molecule is COCC(CCl)NC(=O)C(C)c1ccccc1. The van der Waals surface area contributed by atoms with Crippen LogP contribution in [0.25, 0.3) is 0 Å². The first-order chi connectivity index (χ1) is 8.19. The molecule has 1 amide bonds. The molecule has 0 aliphatic rings. The Balaban J connectivity index is 2.58. The van der Waals surface area contributed by atoms with Gasteiger partial charge in [-0.1, -0.05) is 30.3 Å². The van der Waals surface area contributed by atoms with E-state index in [0.29, 0.717) is 12.5 Å². The minimum absolute atomic E-state index is 0.0288. The molecule has 0 saturated heterocycles. The average Bonchev–Trinajstić information content (AvgIpc) is 2.38. The number of carbonyl (C=O) groups is 1. The first-order valence-corrected chi connectivity index (χ1v) is 6.12. The van der Waals surface area contributed by atoms with Crippen LogP contribution in [0.15, 0.2) is 30.3 Å². The van der Waals surface area contributed by atoms with Gasteiger partial charge in [-0.15, -0.1) is 11.6 Å². The standard InChI is InChI=1S/C13H18ClNO2/c1-10(11-6-4-3-5-7-11)13(16)15-12(8-14)9-17-2/h3-7,10,12H,8-9H2,1-2H3,(H,15,16). The number of ether oxygens (including phenoxy) is 1. The largest absolute Gasteiger partial charge is 0.383 e. The molecule has 0 heterocycles. The van der Waals surface area contributed by atoms with E-state index in [1.807, 2.05) is 37.3 Å². The first-order valence-electron chi connectivity index (χ1n) is 5.59. The van der Waals surface area contributed by atoms with Gasteiger partial charge in [0.1, 0.15) is 0 Å². The lowest BCUT2D eigenvalue weighted by atomic mass is 10.0. The van der Waals surface area contributed by atoms with Crippen LogP contribution in [0.5, 0.6) is 0 Å². The van der Waals surface area contributed by atoms with Crippen LogP contribution in [0.2, 0.25) is 0 Å². The van der Waals surface area contributed by atoms with E-state index in [2.05, 4.69) is 5.32 Å². The number of alkyl halides is 1. The van der Waals surface area contributed by atoms with Crippen LogP contribution in [0.1, 0.15) is 18.4 Å². The van der Waals surface area contributed by atoms with Crippen molar-refractivity contribution in [2.24, 2.45) is 0 Å². The molecular weight excluding hydrogens is 238 g/mol. The summed E-state index contributed by atoms with van der Waals surface area (Å²) in [6, 6.07) is 9.52. The van der Waals surface area contributed by atoms with E-state index in [1.54, 1.807) is 7.11 Å². The molecule has 0 fully saturated rings. The lowest BCUT2D eigenvalue weighted by Crippen LogP contribution is -2.41. The number of methoxy groups -OCH3 is 1. The van der Waals surface area contributed by atoms with Crippen LogP contribution >= 0.6 is 11.6 Å². The Kier molecular flexibility index (Phi) is 6.01. The molecule has 0 saturated carbocycles. The van der Waals surface area contributed by atoms with Crippen molar-refractivity contribution in [3.05, 3.63) is 35.9 Å². The van der Waals surface area contributed by atoms with Gasteiger partial charge in [-0.2, -0.15) is 0 Å². The predicted octanol–water partition coefficient (Wildman–Crippen LogP) is 2.16. The second-order valence-corrected chi connectivity index (χ2v) is 4.26. The second-order valence-electron chi connectivity index (χ2n) is 3.95. The number of nitrogens with one attached hydrogen (secondary N) is 1. The molecule has 0 aromatic heterocycles. The number of hydrogen-bond acceptors (Lipinski definition) is 2. The minimum atomic E-state index is -0.182. The van der Waals surface area contributed by atoms with Gasteiger partial charge < -0.3 is 10.1 Å². The van der Waals surface area contributed by atoms with E-state index in [0.717, 1.165) is 5.56 Å². The Labute approximate surface area is 107 Å². The maximum absolute atomic E-state index is 12.0. The van der Waals surface area contributed by atoms with E-state index in [-0.39, 0.29) is 17.9 Å². The summed E-state index contributed by atoms with van der Waals surface area (Å²) in [7, 11) is 1.59. The summed E-state index contributed by atoms with van der Waals surface area (Å²) in [5.74, 6) is 0.138. The fourth-order valence-corrected chi connectivity index (χ4v) is 1.71. The van der Waals surface area contributed by atoms with Gasteiger partial charge in [0.05, 0.1) is 18.6 Å². The molecule has 4 heteroatoms. The average molecular weight is 256 g/mol. The molecule has 17 heavy (non-hydrogen) atoms. The summed E-state index contributed by atoms with van der Waals surface area (Å²) in [6.45, 7) is 2.31. The van der Waals surface area contributed by atoms with E-state index < -0.39 is 0 Å². The van der Waals surface area contributed by atoms with E-state index in [1.165, 1.54) is 0 Å². The van der Waals surface area contributed by atoms with Gasteiger partial charge >= 0.3 is 0 Å². The van der Waals surface area contributed by atoms with Crippen LogP contribution in [-0.2, 0) is 9.53 Å². The molecule has 0 radical (unpaired) electrons. The van der Waals surface area contributed by atoms with Crippen molar-refractivity contribution in [2.45, 2.75) is 18.9 Å². The summed E-state index contributed by atoms with van der Waals surface area (Å²) in [6.07, 6.45) is 0. The van der Waals surface area contributed by atoms with Gasteiger partial charge in [0, 0.05) is 13.0 Å². The molecule has 3 nitrogen and oxygen atoms in total. The van der Waals surface area contributed by atoms with Crippen LogP contribution in [-0.4, -0.2) is 31.5 Å². The Morgan fingerprint density at radius 3 is 2.59 bits per heavy atom. The van der Waals surface area contributed by atoms with Gasteiger partial charge in [-0.25, -0.2) is 0 Å². The lowest BCUT2D eigenvalue weighted by molar-refractivity contribution is -0.123. The Hall–Kier alpha value is -1.06. The molecule has 1 aromatic rings. The summed E-state index contributed by atoms with van der Waals surface area (Å²) in [5, 5.41) is 2.87. The molecule has 1 N–H and O–H groups in total. The molecule has 0 spiro atoms. The van der Waals surface area contributed by atoms with E-state index in [4.69, 9.17) is 16.3 Å². The monoisotopic (exact) mass is 255 g/mol. The number of amides is 1. The van der Waals surface area contributed by atoms with Crippen LogP contribution in [0.3, 0.4) is 0 Å². The third-order valence-corrected chi connectivity index (χ3v) is 2.97. The Morgan fingerprint density at radius 1 is 1.41 bits per heavy atom. The normalized spacial score (nSPS) is 14.1. The number of hydrogen-bond donors (Lipinski definition) is 1. The van der Waals surface area contributed by atoms with Crippen LogP contribution < -0.4 is 5.32 Å². The van der Waals surface area contributed by atoms with Crippen LogP contribution in [0.4, 0.5) is 0 Å². The van der Waals surface area contributed by atoms with Gasteiger partial charge in [0.25, 0.3) is 0 Å². The molecule has 94 valence electrons. The molecule has 1 aromatic carbocycles. The second kappa shape index (κ2) is 7.30.